The van der Waals surface area contributed by atoms with E-state index in [1.807, 2.05) is 19.9 Å². The third-order valence-electron chi connectivity index (χ3n) is 3.41. The number of aryl methyl sites for hydroxylation is 1. The zero-order valence-corrected chi connectivity index (χ0v) is 13.2. The van der Waals surface area contributed by atoms with Gasteiger partial charge in [-0.25, -0.2) is 4.39 Å². The summed E-state index contributed by atoms with van der Waals surface area (Å²) in [5, 5.41) is 6.37. The number of hydrogen-bond acceptors (Lipinski definition) is 2. The van der Waals surface area contributed by atoms with Gasteiger partial charge in [-0.15, -0.1) is 0 Å². The number of amides is 1. The standard InChI is InChI=1S/C17H18ClFN2O/c1-11-7-8-13(18)9-16(11)21-17(22)10-20-12(2)14-5-3-4-6-15(14)19/h3-9,12,20H,10H2,1-2H3,(H,21,22). The Hall–Kier alpha value is -1.91. The minimum Gasteiger partial charge on any atom is -0.325 e. The van der Waals surface area contributed by atoms with E-state index in [4.69, 9.17) is 11.6 Å². The molecule has 1 amide bonds. The maximum absolute atomic E-state index is 13.7. The first kappa shape index (κ1) is 16.5. The third kappa shape index (κ3) is 4.29. The van der Waals surface area contributed by atoms with Crippen molar-refractivity contribution in [3.05, 3.63) is 64.4 Å². The average Bonchev–Trinajstić information content (AvgIpc) is 2.49. The largest absolute Gasteiger partial charge is 0.325 e. The molecular formula is C17H18ClFN2O. The van der Waals surface area contributed by atoms with Gasteiger partial charge in [0, 0.05) is 22.3 Å². The second kappa shape index (κ2) is 7.38. The lowest BCUT2D eigenvalue weighted by atomic mass is 10.1. The van der Waals surface area contributed by atoms with E-state index in [2.05, 4.69) is 10.6 Å². The molecule has 116 valence electrons. The highest BCUT2D eigenvalue weighted by Gasteiger charge is 2.12. The Kier molecular flexibility index (Phi) is 5.52. The van der Waals surface area contributed by atoms with Crippen LogP contribution in [0.25, 0.3) is 0 Å². The molecule has 5 heteroatoms. The molecule has 0 radical (unpaired) electrons. The molecule has 22 heavy (non-hydrogen) atoms. The van der Waals surface area contributed by atoms with Crippen LogP contribution in [0.5, 0.6) is 0 Å². The van der Waals surface area contributed by atoms with E-state index in [1.165, 1.54) is 6.07 Å². The molecular weight excluding hydrogens is 303 g/mol. The Balaban J connectivity index is 1.93. The van der Waals surface area contributed by atoms with Crippen molar-refractivity contribution in [2.45, 2.75) is 19.9 Å². The molecule has 2 aromatic rings. The molecule has 0 aromatic heterocycles. The number of hydrogen-bond donors (Lipinski definition) is 2. The molecule has 0 saturated heterocycles. The van der Waals surface area contributed by atoms with Gasteiger partial charge in [0.1, 0.15) is 5.82 Å². The van der Waals surface area contributed by atoms with Crippen molar-refractivity contribution in [3.8, 4) is 0 Å². The van der Waals surface area contributed by atoms with E-state index >= 15 is 0 Å². The molecule has 0 fully saturated rings. The van der Waals surface area contributed by atoms with Gasteiger partial charge in [-0.05, 0) is 37.6 Å². The van der Waals surface area contributed by atoms with Gasteiger partial charge >= 0.3 is 0 Å². The lowest BCUT2D eigenvalue weighted by Crippen LogP contribution is -2.30. The van der Waals surface area contributed by atoms with Crippen LogP contribution in [-0.2, 0) is 4.79 Å². The fourth-order valence-corrected chi connectivity index (χ4v) is 2.28. The second-order valence-electron chi connectivity index (χ2n) is 5.13. The Bertz CT molecular complexity index is 675. The highest BCUT2D eigenvalue weighted by molar-refractivity contribution is 6.31. The summed E-state index contributed by atoms with van der Waals surface area (Å²) in [5.74, 6) is -0.484. The minimum atomic E-state index is -0.284. The van der Waals surface area contributed by atoms with Crippen LogP contribution >= 0.6 is 11.6 Å². The fraction of sp³-hybridized carbons (Fsp3) is 0.235. The van der Waals surface area contributed by atoms with Gasteiger partial charge in [-0.1, -0.05) is 35.9 Å². The van der Waals surface area contributed by atoms with Gasteiger partial charge in [0.25, 0.3) is 0 Å². The van der Waals surface area contributed by atoms with Gasteiger partial charge in [0.2, 0.25) is 5.91 Å². The Morgan fingerprint density at radius 3 is 2.73 bits per heavy atom. The van der Waals surface area contributed by atoms with E-state index in [-0.39, 0.29) is 24.3 Å². The van der Waals surface area contributed by atoms with Crippen LogP contribution in [0.15, 0.2) is 42.5 Å². The monoisotopic (exact) mass is 320 g/mol. The van der Waals surface area contributed by atoms with E-state index < -0.39 is 0 Å². The predicted octanol–water partition coefficient (Wildman–Crippen LogP) is 4.08. The van der Waals surface area contributed by atoms with E-state index in [0.717, 1.165) is 5.56 Å². The normalized spacial score (nSPS) is 12.0. The lowest BCUT2D eigenvalue weighted by Gasteiger charge is -2.15. The van der Waals surface area contributed by atoms with Crippen molar-refractivity contribution < 1.29 is 9.18 Å². The highest BCUT2D eigenvalue weighted by Crippen LogP contribution is 2.20. The van der Waals surface area contributed by atoms with Gasteiger partial charge in [-0.2, -0.15) is 0 Å². The summed E-state index contributed by atoms with van der Waals surface area (Å²) in [6.07, 6.45) is 0. The molecule has 0 aliphatic rings. The van der Waals surface area contributed by atoms with Crippen molar-refractivity contribution in [2.24, 2.45) is 0 Å². The van der Waals surface area contributed by atoms with Crippen molar-refractivity contribution in [1.82, 2.24) is 5.32 Å². The molecule has 0 bridgehead atoms. The SMILES string of the molecule is Cc1ccc(Cl)cc1NC(=O)CNC(C)c1ccccc1F. The maximum atomic E-state index is 13.7. The Morgan fingerprint density at radius 2 is 2.00 bits per heavy atom. The molecule has 1 unspecified atom stereocenters. The lowest BCUT2D eigenvalue weighted by molar-refractivity contribution is -0.115. The topological polar surface area (TPSA) is 41.1 Å². The number of rotatable bonds is 5. The summed E-state index contributed by atoms with van der Waals surface area (Å²) in [5.41, 5.74) is 2.15. The second-order valence-corrected chi connectivity index (χ2v) is 5.57. The summed E-state index contributed by atoms with van der Waals surface area (Å²) in [6.45, 7) is 3.79. The number of nitrogens with one attached hydrogen (secondary N) is 2. The Morgan fingerprint density at radius 1 is 1.27 bits per heavy atom. The molecule has 1 atom stereocenters. The quantitative estimate of drug-likeness (QED) is 0.871. The average molecular weight is 321 g/mol. The van der Waals surface area contributed by atoms with Crippen LogP contribution in [0.4, 0.5) is 10.1 Å². The van der Waals surface area contributed by atoms with Crippen molar-refractivity contribution in [3.63, 3.8) is 0 Å². The molecule has 2 rings (SSSR count). The summed E-state index contributed by atoms with van der Waals surface area (Å²) in [7, 11) is 0. The summed E-state index contributed by atoms with van der Waals surface area (Å²) in [6, 6.07) is 11.6. The van der Waals surface area contributed by atoms with Gasteiger partial charge in [-0.3, -0.25) is 4.79 Å². The third-order valence-corrected chi connectivity index (χ3v) is 3.65. The Labute approximate surface area is 134 Å². The van der Waals surface area contributed by atoms with Gasteiger partial charge in [0.05, 0.1) is 6.54 Å². The molecule has 3 nitrogen and oxygen atoms in total. The van der Waals surface area contributed by atoms with E-state index in [1.54, 1.807) is 30.3 Å². The number of carbonyl (C=O) groups is 1. The first-order chi connectivity index (χ1) is 10.5. The summed E-state index contributed by atoms with van der Waals surface area (Å²) < 4.78 is 13.7. The van der Waals surface area contributed by atoms with Crippen LogP contribution in [0.3, 0.4) is 0 Å². The molecule has 0 spiro atoms. The number of benzene rings is 2. The zero-order valence-electron chi connectivity index (χ0n) is 12.5. The van der Waals surface area contributed by atoms with E-state index in [9.17, 15) is 9.18 Å². The highest BCUT2D eigenvalue weighted by atomic mass is 35.5. The van der Waals surface area contributed by atoms with Crippen molar-refractivity contribution in [2.75, 3.05) is 11.9 Å². The maximum Gasteiger partial charge on any atom is 0.238 e. The van der Waals surface area contributed by atoms with Crippen molar-refractivity contribution >= 4 is 23.2 Å². The van der Waals surface area contributed by atoms with Gasteiger partial charge in [0.15, 0.2) is 0 Å². The molecule has 0 aliphatic heterocycles. The predicted molar refractivity (Wildman–Crippen MR) is 87.6 cm³/mol. The van der Waals surface area contributed by atoms with E-state index in [0.29, 0.717) is 16.3 Å². The number of carbonyl (C=O) groups excluding carboxylic acids is 1. The molecule has 0 saturated carbocycles. The first-order valence-corrected chi connectivity index (χ1v) is 7.39. The first-order valence-electron chi connectivity index (χ1n) is 7.01. The smallest absolute Gasteiger partial charge is 0.238 e. The number of anilines is 1. The molecule has 0 heterocycles. The fourth-order valence-electron chi connectivity index (χ4n) is 2.11. The van der Waals surface area contributed by atoms with Crippen LogP contribution in [-0.4, -0.2) is 12.5 Å². The molecule has 0 aliphatic carbocycles. The van der Waals surface area contributed by atoms with Gasteiger partial charge < -0.3 is 10.6 Å². The molecule has 2 N–H and O–H groups in total. The van der Waals surface area contributed by atoms with Crippen LogP contribution in [0, 0.1) is 12.7 Å². The van der Waals surface area contributed by atoms with Crippen LogP contribution < -0.4 is 10.6 Å². The minimum absolute atomic E-state index is 0.0848. The zero-order chi connectivity index (χ0) is 16.1. The number of halogens is 2. The molecule has 2 aromatic carbocycles. The van der Waals surface area contributed by atoms with Crippen molar-refractivity contribution in [1.29, 1.82) is 0 Å². The summed E-state index contributed by atoms with van der Waals surface area (Å²) >= 11 is 5.92. The van der Waals surface area contributed by atoms with Crippen LogP contribution in [0.1, 0.15) is 24.1 Å². The van der Waals surface area contributed by atoms with Crippen LogP contribution in [0.2, 0.25) is 5.02 Å². The summed E-state index contributed by atoms with van der Waals surface area (Å²) in [4.78, 5) is 12.0.